The molecule has 0 radical (unpaired) electrons. The Labute approximate surface area is 98.6 Å². The lowest BCUT2D eigenvalue weighted by atomic mass is 9.76. The van der Waals surface area contributed by atoms with Gasteiger partial charge < -0.3 is 4.74 Å². The van der Waals surface area contributed by atoms with Crippen LogP contribution in [0.3, 0.4) is 0 Å². The summed E-state index contributed by atoms with van der Waals surface area (Å²) in [6.07, 6.45) is 2.72. The summed E-state index contributed by atoms with van der Waals surface area (Å²) < 4.78 is 31.7. The van der Waals surface area contributed by atoms with Crippen LogP contribution in [0.1, 0.15) is 36.0 Å². The second-order valence-corrected chi connectivity index (χ2v) is 4.44. The van der Waals surface area contributed by atoms with E-state index in [0.29, 0.717) is 0 Å². The summed E-state index contributed by atoms with van der Waals surface area (Å²) in [4.78, 5) is 11.9. The van der Waals surface area contributed by atoms with Crippen molar-refractivity contribution in [1.29, 1.82) is 0 Å². The molecule has 0 unspecified atom stereocenters. The first-order valence-electron chi connectivity index (χ1n) is 5.60. The van der Waals surface area contributed by atoms with Crippen molar-refractivity contribution in [3.63, 3.8) is 0 Å². The van der Waals surface area contributed by atoms with Gasteiger partial charge in [0.1, 0.15) is 0 Å². The van der Waals surface area contributed by atoms with Crippen molar-refractivity contribution < 1.29 is 18.3 Å². The molecule has 0 atom stereocenters. The fourth-order valence-corrected chi connectivity index (χ4v) is 2.13. The molecule has 1 saturated carbocycles. The van der Waals surface area contributed by atoms with Crippen LogP contribution in [0.15, 0.2) is 18.2 Å². The number of Topliss-reactive ketones (excluding diaryl/α,β-unsaturated/α-hetero) is 1. The normalized spacial score (nSPS) is 17.6. The summed E-state index contributed by atoms with van der Waals surface area (Å²) in [5.74, 6) is -2.46. The van der Waals surface area contributed by atoms with Crippen LogP contribution in [0.2, 0.25) is 0 Å². The third-order valence-electron chi connectivity index (χ3n) is 3.43. The zero-order valence-electron chi connectivity index (χ0n) is 9.63. The Balaban J connectivity index is 2.17. The minimum Gasteiger partial charge on any atom is -0.378 e. The van der Waals surface area contributed by atoms with Crippen LogP contribution in [0.5, 0.6) is 0 Å². The molecule has 1 fully saturated rings. The number of hydrogen-bond acceptors (Lipinski definition) is 2. The average Bonchev–Trinajstić information content (AvgIpc) is 2.27. The Bertz CT molecular complexity index is 434. The molecule has 0 aromatic heterocycles. The molecular formula is C13H14F2O2. The van der Waals surface area contributed by atoms with E-state index in [0.717, 1.165) is 25.3 Å². The molecule has 0 spiro atoms. The van der Waals surface area contributed by atoms with E-state index in [1.807, 2.05) is 0 Å². The van der Waals surface area contributed by atoms with Gasteiger partial charge in [0.2, 0.25) is 0 Å². The Morgan fingerprint density at radius 1 is 1.41 bits per heavy atom. The van der Waals surface area contributed by atoms with Gasteiger partial charge in [-0.1, -0.05) is 6.07 Å². The maximum absolute atomic E-state index is 13.4. The monoisotopic (exact) mass is 240 g/mol. The van der Waals surface area contributed by atoms with E-state index in [1.54, 1.807) is 7.11 Å². The van der Waals surface area contributed by atoms with Crippen LogP contribution >= 0.6 is 0 Å². The number of carbonyl (C=O) groups excluding carboxylic acids is 1. The highest BCUT2D eigenvalue weighted by atomic mass is 19.2. The molecule has 0 amide bonds. The largest absolute Gasteiger partial charge is 0.378 e. The van der Waals surface area contributed by atoms with Crippen molar-refractivity contribution in [3.8, 4) is 0 Å². The van der Waals surface area contributed by atoms with Gasteiger partial charge in [-0.3, -0.25) is 4.79 Å². The van der Waals surface area contributed by atoms with Gasteiger partial charge in [-0.2, -0.15) is 0 Å². The molecule has 1 aromatic carbocycles. The van der Waals surface area contributed by atoms with E-state index in [4.69, 9.17) is 4.74 Å². The lowest BCUT2D eigenvalue weighted by Gasteiger charge is -2.40. The molecule has 2 rings (SSSR count). The number of hydrogen-bond donors (Lipinski definition) is 0. The minimum absolute atomic E-state index is 0.115. The second-order valence-electron chi connectivity index (χ2n) is 4.44. The van der Waals surface area contributed by atoms with E-state index in [-0.39, 0.29) is 12.0 Å². The van der Waals surface area contributed by atoms with Crippen molar-refractivity contribution >= 4 is 5.78 Å². The number of methoxy groups -OCH3 is 1. The zero-order chi connectivity index (χ0) is 12.5. The lowest BCUT2D eigenvalue weighted by Crippen LogP contribution is -2.41. The standard InChI is InChI=1S/C13H14F2O2/c1-17-13(6-3-7-13)8-11(16)9-4-2-5-10(14)12(9)15/h2,4-5H,3,6-8H2,1H3. The van der Waals surface area contributed by atoms with Crippen molar-refractivity contribution in [2.75, 3.05) is 7.11 Å². The lowest BCUT2D eigenvalue weighted by molar-refractivity contribution is -0.0705. The summed E-state index contributed by atoms with van der Waals surface area (Å²) in [5.41, 5.74) is -0.649. The summed E-state index contributed by atoms with van der Waals surface area (Å²) in [7, 11) is 1.55. The van der Waals surface area contributed by atoms with E-state index in [1.165, 1.54) is 12.1 Å². The zero-order valence-corrected chi connectivity index (χ0v) is 9.63. The molecular weight excluding hydrogens is 226 g/mol. The number of ether oxygens (including phenoxy) is 1. The smallest absolute Gasteiger partial charge is 0.169 e. The van der Waals surface area contributed by atoms with Crippen LogP contribution < -0.4 is 0 Å². The maximum Gasteiger partial charge on any atom is 0.169 e. The molecule has 2 nitrogen and oxygen atoms in total. The first-order valence-corrected chi connectivity index (χ1v) is 5.60. The second kappa shape index (κ2) is 4.53. The van der Waals surface area contributed by atoms with Gasteiger partial charge >= 0.3 is 0 Å². The number of benzene rings is 1. The van der Waals surface area contributed by atoms with Crippen LogP contribution in [-0.2, 0) is 4.74 Å². The Morgan fingerprint density at radius 3 is 2.65 bits per heavy atom. The highest BCUT2D eigenvalue weighted by molar-refractivity contribution is 5.97. The Kier molecular flexibility index (Phi) is 3.24. The molecule has 0 N–H and O–H groups in total. The molecule has 17 heavy (non-hydrogen) atoms. The van der Waals surface area contributed by atoms with E-state index >= 15 is 0 Å². The molecule has 0 saturated heterocycles. The third-order valence-corrected chi connectivity index (χ3v) is 3.43. The molecule has 0 aliphatic heterocycles. The Hall–Kier alpha value is -1.29. The summed E-state index contributed by atoms with van der Waals surface area (Å²) in [5, 5.41) is 0. The van der Waals surface area contributed by atoms with Gasteiger partial charge in [0, 0.05) is 13.5 Å². The van der Waals surface area contributed by atoms with E-state index in [2.05, 4.69) is 0 Å². The van der Waals surface area contributed by atoms with Crippen molar-refractivity contribution in [1.82, 2.24) is 0 Å². The van der Waals surface area contributed by atoms with Crippen LogP contribution in [0, 0.1) is 11.6 Å². The van der Waals surface area contributed by atoms with Crippen LogP contribution in [0.25, 0.3) is 0 Å². The first-order chi connectivity index (χ1) is 8.08. The van der Waals surface area contributed by atoms with Gasteiger partial charge in [0.05, 0.1) is 11.2 Å². The van der Waals surface area contributed by atoms with Gasteiger partial charge in [-0.05, 0) is 31.4 Å². The van der Waals surface area contributed by atoms with Crippen molar-refractivity contribution in [2.45, 2.75) is 31.3 Å². The number of carbonyl (C=O) groups is 1. The van der Waals surface area contributed by atoms with Gasteiger partial charge in [0.25, 0.3) is 0 Å². The first kappa shape index (κ1) is 12.2. The minimum atomic E-state index is -1.07. The highest BCUT2D eigenvalue weighted by Crippen LogP contribution is 2.39. The summed E-state index contributed by atoms with van der Waals surface area (Å²) >= 11 is 0. The molecule has 0 heterocycles. The summed E-state index contributed by atoms with van der Waals surface area (Å²) in [6, 6.07) is 3.65. The number of halogens is 2. The van der Waals surface area contributed by atoms with E-state index < -0.39 is 23.0 Å². The Morgan fingerprint density at radius 2 is 2.12 bits per heavy atom. The predicted molar refractivity (Wildman–Crippen MR) is 58.9 cm³/mol. The van der Waals surface area contributed by atoms with Crippen molar-refractivity contribution in [2.24, 2.45) is 0 Å². The molecule has 4 heteroatoms. The summed E-state index contributed by atoms with van der Waals surface area (Å²) in [6.45, 7) is 0. The van der Waals surface area contributed by atoms with Gasteiger partial charge in [0.15, 0.2) is 17.4 Å². The van der Waals surface area contributed by atoms with E-state index in [9.17, 15) is 13.6 Å². The van der Waals surface area contributed by atoms with Crippen molar-refractivity contribution in [3.05, 3.63) is 35.4 Å². The van der Waals surface area contributed by atoms with Gasteiger partial charge in [-0.25, -0.2) is 8.78 Å². The SMILES string of the molecule is COC1(CC(=O)c2cccc(F)c2F)CCC1. The van der Waals surface area contributed by atoms with Crippen LogP contribution in [0.4, 0.5) is 8.78 Å². The van der Waals surface area contributed by atoms with Crippen LogP contribution in [-0.4, -0.2) is 18.5 Å². The number of rotatable bonds is 4. The molecule has 1 aliphatic rings. The highest BCUT2D eigenvalue weighted by Gasteiger charge is 2.39. The number of ketones is 1. The fraction of sp³-hybridized carbons (Fsp3) is 0.462. The molecule has 1 aromatic rings. The molecule has 1 aliphatic carbocycles. The predicted octanol–water partition coefficient (Wildman–Crippen LogP) is 3.11. The average molecular weight is 240 g/mol. The molecule has 92 valence electrons. The third kappa shape index (κ3) is 2.22. The topological polar surface area (TPSA) is 26.3 Å². The van der Waals surface area contributed by atoms with Gasteiger partial charge in [-0.15, -0.1) is 0 Å². The quantitative estimate of drug-likeness (QED) is 0.756. The maximum atomic E-state index is 13.4. The molecule has 0 bridgehead atoms. The fourth-order valence-electron chi connectivity index (χ4n) is 2.13.